The number of esters is 3. The number of carbonyl (C=O) groups excluding carboxylic acids is 3. The molecule has 3 rings (SSSR count). The van der Waals surface area contributed by atoms with E-state index in [1.807, 2.05) is 0 Å². The second-order valence-electron chi connectivity index (χ2n) is 27.0. The normalized spacial score (nSPS) is 28.0. The Kier molecular flexibility index (Phi) is 49.0. The third-order valence-electron chi connectivity index (χ3n) is 18.5. The van der Waals surface area contributed by atoms with Crippen LogP contribution >= 0.6 is 7.82 Å². The minimum atomic E-state index is -5.69. The highest BCUT2D eigenvalue weighted by Crippen LogP contribution is 2.49. The summed E-state index contributed by atoms with van der Waals surface area (Å²) in [6, 6.07) is 0. The van der Waals surface area contributed by atoms with Gasteiger partial charge in [-0.25, -0.2) is 4.57 Å². The number of aliphatic hydroxyl groups is 10. The molecule has 0 aromatic rings. The van der Waals surface area contributed by atoms with Crippen molar-refractivity contribution >= 4 is 25.7 Å². The molecular weight excluding hydrogens is 1270 g/mol. The van der Waals surface area contributed by atoms with Crippen LogP contribution in [-0.2, 0) is 61.2 Å². The minimum Gasteiger partial charge on any atom is -0.463 e. The second-order valence-corrected chi connectivity index (χ2v) is 28.4. The zero-order chi connectivity index (χ0) is 70.4. The highest BCUT2D eigenvalue weighted by Gasteiger charge is 2.58. The smallest absolute Gasteiger partial charge is 0.463 e. The number of allylic oxidation sites excluding steroid dienone is 2. The van der Waals surface area contributed by atoms with Gasteiger partial charge < -0.3 is 89.1 Å². The molecule has 0 spiro atoms. The molecule has 3 aliphatic rings. The Morgan fingerprint density at radius 3 is 1.14 bits per heavy atom. The van der Waals surface area contributed by atoms with Gasteiger partial charge in [0.1, 0.15) is 98.7 Å². The first-order valence-electron chi connectivity index (χ1n) is 37.5. The average Bonchev–Trinajstić information content (AvgIpc) is 0.767. The van der Waals surface area contributed by atoms with Gasteiger partial charge in [-0.3, -0.25) is 23.4 Å². The molecule has 0 bridgehead atoms. The van der Waals surface area contributed by atoms with Gasteiger partial charge in [0.25, 0.3) is 0 Å². The van der Waals surface area contributed by atoms with Crippen molar-refractivity contribution in [2.75, 3.05) is 26.4 Å². The van der Waals surface area contributed by atoms with Gasteiger partial charge in [-0.1, -0.05) is 238 Å². The fraction of sp³-hybridized carbons (Fsp3) is 0.930. The first-order chi connectivity index (χ1) is 46.3. The number of carbonyl (C=O) groups is 3. The molecule has 2 heterocycles. The third-order valence-corrected chi connectivity index (χ3v) is 19.5. The van der Waals surface area contributed by atoms with Crippen molar-refractivity contribution in [3.63, 3.8) is 0 Å². The number of phosphoric ester groups is 1. The van der Waals surface area contributed by atoms with Gasteiger partial charge in [-0.15, -0.1) is 0 Å². The third kappa shape index (κ3) is 36.5. The van der Waals surface area contributed by atoms with Crippen molar-refractivity contribution in [1.29, 1.82) is 0 Å². The van der Waals surface area contributed by atoms with Crippen LogP contribution in [0.3, 0.4) is 0 Å². The summed E-state index contributed by atoms with van der Waals surface area (Å²) < 4.78 is 65.0. The van der Waals surface area contributed by atoms with Gasteiger partial charge in [0.2, 0.25) is 0 Å². The van der Waals surface area contributed by atoms with Crippen LogP contribution in [0.2, 0.25) is 0 Å². The molecule has 1 aliphatic carbocycles. The Morgan fingerprint density at radius 1 is 0.396 bits per heavy atom. The van der Waals surface area contributed by atoms with Crippen LogP contribution in [-0.4, -0.2) is 204 Å². The van der Waals surface area contributed by atoms with Gasteiger partial charge in [-0.2, -0.15) is 0 Å². The Hall–Kier alpha value is -2.30. The molecule has 24 nitrogen and oxygen atoms in total. The van der Waals surface area contributed by atoms with Crippen molar-refractivity contribution in [3.05, 3.63) is 12.2 Å². The van der Waals surface area contributed by atoms with Crippen LogP contribution in [0.5, 0.6) is 0 Å². The summed E-state index contributed by atoms with van der Waals surface area (Å²) in [4.78, 5) is 50.9. The minimum absolute atomic E-state index is 0.0325. The van der Waals surface area contributed by atoms with E-state index in [-0.39, 0.29) is 19.3 Å². The van der Waals surface area contributed by atoms with Crippen LogP contribution in [0.1, 0.15) is 290 Å². The van der Waals surface area contributed by atoms with Crippen LogP contribution in [0.25, 0.3) is 0 Å². The summed E-state index contributed by atoms with van der Waals surface area (Å²) in [5, 5.41) is 110. The molecule has 0 aromatic heterocycles. The molecule has 0 aromatic carbocycles. The number of phosphoric acid groups is 1. The van der Waals surface area contributed by atoms with Crippen LogP contribution in [0.4, 0.5) is 0 Å². The van der Waals surface area contributed by atoms with Crippen molar-refractivity contribution in [2.45, 2.75) is 395 Å². The highest BCUT2D eigenvalue weighted by molar-refractivity contribution is 7.47. The molecule has 2 aliphatic heterocycles. The molecule has 2 saturated heterocycles. The second kappa shape index (κ2) is 53.5. The molecule has 96 heavy (non-hydrogen) atoms. The number of aliphatic hydroxyl groups excluding tert-OH is 10. The van der Waals surface area contributed by atoms with Gasteiger partial charge in [0.15, 0.2) is 18.7 Å². The van der Waals surface area contributed by atoms with Gasteiger partial charge >= 0.3 is 25.7 Å². The Labute approximate surface area is 573 Å². The Morgan fingerprint density at radius 2 is 0.729 bits per heavy atom. The van der Waals surface area contributed by atoms with E-state index in [2.05, 4.69) is 32.9 Å². The average molecular weight is 1400 g/mol. The van der Waals surface area contributed by atoms with E-state index in [4.69, 9.17) is 42.2 Å². The molecule has 18 unspecified atom stereocenters. The molecule has 0 amide bonds. The molecular formula is C71H131O24P. The van der Waals surface area contributed by atoms with E-state index in [9.17, 15) is 74.9 Å². The van der Waals surface area contributed by atoms with E-state index in [0.29, 0.717) is 19.3 Å². The first kappa shape index (κ1) is 87.9. The molecule has 0 radical (unpaired) electrons. The van der Waals surface area contributed by atoms with Crippen molar-refractivity contribution < 1.29 is 117 Å². The molecule has 11 N–H and O–H groups in total. The van der Waals surface area contributed by atoms with E-state index >= 15 is 0 Å². The fourth-order valence-electron chi connectivity index (χ4n) is 12.4. The quantitative estimate of drug-likeness (QED) is 0.00886. The summed E-state index contributed by atoms with van der Waals surface area (Å²) in [7, 11) is -5.69. The maximum atomic E-state index is 14.3. The van der Waals surface area contributed by atoms with E-state index in [0.717, 1.165) is 116 Å². The number of hydrogen-bond donors (Lipinski definition) is 11. The molecule has 1 saturated carbocycles. The monoisotopic (exact) mass is 1400 g/mol. The Balaban J connectivity index is 1.73. The van der Waals surface area contributed by atoms with Crippen LogP contribution in [0, 0.1) is 0 Å². The maximum absolute atomic E-state index is 14.3. The van der Waals surface area contributed by atoms with Crippen molar-refractivity contribution in [3.8, 4) is 0 Å². The molecule has 18 atom stereocenters. The van der Waals surface area contributed by atoms with Gasteiger partial charge in [0, 0.05) is 19.3 Å². The standard InChI is InChI=1S/C71H131O24P/c1-4-7-10-13-16-19-22-25-27-29-32-33-36-39-42-45-55(73)87-49-52(90-57(75)47-44-41-38-35-30-24-21-18-15-12-9-6-3)50-89-96(85,86)95-69-67(93-70-65(83)60(78)58(76)53(48-72)91-70)63(81)62(80)64(82)68(69)94-71-66(84)61(79)59(77)54(92-71)51-88-56(74)46-43-40-37-34-31-28-26-23-20-17-14-11-8-5-2/h19,22,52-54,58-72,76-84H,4-18,20-21,23-51H2,1-3H3,(H,85,86)/b22-19-. The van der Waals surface area contributed by atoms with Gasteiger partial charge in [0.05, 0.1) is 13.2 Å². The highest BCUT2D eigenvalue weighted by atomic mass is 31.2. The Bertz CT molecular complexity index is 2040. The summed E-state index contributed by atoms with van der Waals surface area (Å²) in [5.41, 5.74) is 0. The number of ether oxygens (including phenoxy) is 7. The lowest BCUT2D eigenvalue weighted by atomic mass is 9.84. The van der Waals surface area contributed by atoms with E-state index in [1.54, 1.807) is 0 Å². The first-order valence-corrected chi connectivity index (χ1v) is 39.0. The van der Waals surface area contributed by atoms with Gasteiger partial charge in [-0.05, 0) is 44.9 Å². The lowest BCUT2D eigenvalue weighted by Crippen LogP contribution is -2.69. The fourth-order valence-corrected chi connectivity index (χ4v) is 13.4. The molecule has 564 valence electrons. The SMILES string of the molecule is CCCCCC/C=C\CCCCCCCCCC(=O)OCC(COP(=O)(O)OC1C(OC2OC(CO)C(O)C(O)C2O)C(O)C(O)C(O)C1OC1OC(COC(=O)CCCCCCCCCCCCCCCC)C(O)C(O)C1O)OC(=O)CCCCCCCCCCCCCC. The maximum Gasteiger partial charge on any atom is 0.472 e. The molecule has 25 heteroatoms. The van der Waals surface area contributed by atoms with Crippen molar-refractivity contribution in [2.24, 2.45) is 0 Å². The predicted octanol–water partition coefficient (Wildman–Crippen LogP) is 9.96. The topological polar surface area (TPSA) is 374 Å². The predicted molar refractivity (Wildman–Crippen MR) is 361 cm³/mol. The largest absolute Gasteiger partial charge is 0.472 e. The summed E-state index contributed by atoms with van der Waals surface area (Å²) >= 11 is 0. The number of unbranched alkanes of at least 4 members (excludes halogenated alkanes) is 35. The van der Waals surface area contributed by atoms with Crippen LogP contribution < -0.4 is 0 Å². The van der Waals surface area contributed by atoms with E-state index in [1.165, 1.54) is 116 Å². The number of rotatable bonds is 58. The lowest BCUT2D eigenvalue weighted by molar-refractivity contribution is -0.360. The van der Waals surface area contributed by atoms with E-state index < -0.39 is 156 Å². The molecule has 3 fully saturated rings. The zero-order valence-corrected chi connectivity index (χ0v) is 59.6. The summed E-state index contributed by atoms with van der Waals surface area (Å²) in [6.07, 6.45) is 11.4. The summed E-state index contributed by atoms with van der Waals surface area (Å²) in [5.74, 6) is -1.99. The zero-order valence-electron chi connectivity index (χ0n) is 58.7. The van der Waals surface area contributed by atoms with Crippen LogP contribution in [0.15, 0.2) is 12.2 Å². The van der Waals surface area contributed by atoms with Crippen molar-refractivity contribution in [1.82, 2.24) is 0 Å². The number of hydrogen-bond acceptors (Lipinski definition) is 23. The summed E-state index contributed by atoms with van der Waals surface area (Å²) in [6.45, 7) is 3.43. The lowest BCUT2D eigenvalue weighted by Gasteiger charge is -2.49.